The highest BCUT2D eigenvalue weighted by molar-refractivity contribution is 5.93. The van der Waals surface area contributed by atoms with Crippen LogP contribution in [0.3, 0.4) is 0 Å². The van der Waals surface area contributed by atoms with Crippen molar-refractivity contribution in [1.29, 1.82) is 0 Å². The molecule has 0 amide bonds. The molecule has 0 heterocycles. The highest BCUT2D eigenvalue weighted by atomic mass is 19.1. The molecule has 72 valence electrons. The molecule has 2 heteroatoms. The number of hydrogen-bond donors (Lipinski definition) is 0. The Morgan fingerprint density at radius 2 is 1.92 bits per heavy atom. The molecule has 1 rings (SSSR count). The molecule has 0 aromatic heterocycles. The van der Waals surface area contributed by atoms with Crippen molar-refractivity contribution in [1.82, 2.24) is 0 Å². The van der Waals surface area contributed by atoms with Gasteiger partial charge in [0.2, 0.25) is 0 Å². The zero-order chi connectivity index (χ0) is 10.3. The Balaban J connectivity index is 0.000000424. The molecule has 0 saturated heterocycles. The largest absolute Gasteiger partial charge is 0.295 e. The van der Waals surface area contributed by atoms with E-state index < -0.39 is 0 Å². The maximum Gasteiger partial charge on any atom is 0.159 e. The molecule has 1 aromatic rings. The van der Waals surface area contributed by atoms with Gasteiger partial charge in [-0.1, -0.05) is 32.4 Å². The maximum atomic E-state index is 12.4. The first-order valence-corrected chi connectivity index (χ1v) is 4.38. The fourth-order valence-corrected chi connectivity index (χ4v) is 0.707. The van der Waals surface area contributed by atoms with E-state index in [0.29, 0.717) is 5.56 Å². The van der Waals surface area contributed by atoms with Gasteiger partial charge in [-0.25, -0.2) is 4.39 Å². The molecule has 13 heavy (non-hydrogen) atoms. The Bertz CT molecular complexity index is 269. The average Bonchev–Trinajstić information content (AvgIpc) is 2.05. The van der Waals surface area contributed by atoms with Crippen molar-refractivity contribution in [3.63, 3.8) is 0 Å². The molecular formula is C11H15FO. The molecule has 0 unspecified atom stereocenters. The topological polar surface area (TPSA) is 17.1 Å². The van der Waals surface area contributed by atoms with E-state index in [2.05, 4.69) is 13.8 Å². The van der Waals surface area contributed by atoms with E-state index in [4.69, 9.17) is 0 Å². The molecule has 0 atom stereocenters. The normalized spacial score (nSPS) is 8.62. The number of carbonyl (C=O) groups is 1. The van der Waals surface area contributed by atoms with Gasteiger partial charge in [0.25, 0.3) is 0 Å². The van der Waals surface area contributed by atoms with Crippen molar-refractivity contribution < 1.29 is 9.18 Å². The second kappa shape index (κ2) is 6.35. The van der Waals surface area contributed by atoms with Crippen LogP contribution in [0.2, 0.25) is 0 Å². The molecule has 0 aliphatic carbocycles. The van der Waals surface area contributed by atoms with E-state index in [-0.39, 0.29) is 11.6 Å². The van der Waals surface area contributed by atoms with Crippen molar-refractivity contribution in [3.05, 3.63) is 35.6 Å². The number of Topliss-reactive ketones (excluding diaryl/α,β-unsaturated/α-hetero) is 1. The third-order valence-corrected chi connectivity index (χ3v) is 1.23. The van der Waals surface area contributed by atoms with Crippen LogP contribution in [0.25, 0.3) is 0 Å². The van der Waals surface area contributed by atoms with Gasteiger partial charge in [-0.15, -0.1) is 0 Å². The molecule has 1 aromatic carbocycles. The van der Waals surface area contributed by atoms with E-state index in [0.717, 1.165) is 0 Å². The maximum absolute atomic E-state index is 12.4. The summed E-state index contributed by atoms with van der Waals surface area (Å²) in [5, 5.41) is 0. The van der Waals surface area contributed by atoms with Gasteiger partial charge in [0.1, 0.15) is 5.82 Å². The minimum atomic E-state index is -0.368. The molecule has 1 nitrogen and oxygen atoms in total. The molecule has 0 fully saturated rings. The first-order chi connectivity index (χ1) is 6.11. The number of ketones is 1. The van der Waals surface area contributed by atoms with Gasteiger partial charge in [0, 0.05) is 5.56 Å². The quantitative estimate of drug-likeness (QED) is 0.608. The summed E-state index contributed by atoms with van der Waals surface area (Å²) in [6.45, 7) is 5.66. The lowest BCUT2D eigenvalue weighted by atomic mass is 10.1. The average molecular weight is 182 g/mol. The molecule has 0 aliphatic rings. The number of carbonyl (C=O) groups excluding carboxylic acids is 1. The summed E-state index contributed by atoms with van der Waals surface area (Å²) in [6.07, 6.45) is 1.25. The molecule has 0 saturated carbocycles. The monoisotopic (exact) mass is 182 g/mol. The summed E-state index contributed by atoms with van der Waals surface area (Å²) in [5.74, 6) is -0.479. The SMILES string of the molecule is CC(=O)c1cccc(F)c1.CCC. The van der Waals surface area contributed by atoms with Crippen molar-refractivity contribution in [3.8, 4) is 0 Å². The third-order valence-electron chi connectivity index (χ3n) is 1.23. The molecular weight excluding hydrogens is 167 g/mol. The Kier molecular flexibility index (Phi) is 5.77. The zero-order valence-corrected chi connectivity index (χ0v) is 8.30. The van der Waals surface area contributed by atoms with Crippen LogP contribution in [0.1, 0.15) is 37.6 Å². The number of rotatable bonds is 1. The van der Waals surface area contributed by atoms with Crippen molar-refractivity contribution in [2.24, 2.45) is 0 Å². The van der Waals surface area contributed by atoms with Crippen LogP contribution < -0.4 is 0 Å². The predicted octanol–water partition coefficient (Wildman–Crippen LogP) is 3.44. The first-order valence-electron chi connectivity index (χ1n) is 4.38. The Morgan fingerprint density at radius 1 is 1.38 bits per heavy atom. The van der Waals surface area contributed by atoms with E-state index in [1.165, 1.54) is 31.5 Å². The standard InChI is InChI=1S/C8H7FO.C3H8/c1-6(10)7-3-2-4-8(9)5-7;1-3-2/h2-5H,1H3;3H2,1-2H3. The molecule has 0 bridgehead atoms. The summed E-state index contributed by atoms with van der Waals surface area (Å²) in [6, 6.07) is 5.65. The van der Waals surface area contributed by atoms with Gasteiger partial charge in [0.15, 0.2) is 5.78 Å². The van der Waals surface area contributed by atoms with Crippen LogP contribution >= 0.6 is 0 Å². The van der Waals surface area contributed by atoms with Crippen LogP contribution in [-0.2, 0) is 0 Å². The van der Waals surface area contributed by atoms with Gasteiger partial charge >= 0.3 is 0 Å². The molecule has 0 aliphatic heterocycles. The second-order valence-corrected chi connectivity index (χ2v) is 2.77. The van der Waals surface area contributed by atoms with E-state index >= 15 is 0 Å². The zero-order valence-electron chi connectivity index (χ0n) is 8.30. The molecule has 0 spiro atoms. The van der Waals surface area contributed by atoms with Crippen LogP contribution in [0.5, 0.6) is 0 Å². The highest BCUT2D eigenvalue weighted by Gasteiger charge is 1.97. The van der Waals surface area contributed by atoms with Crippen LogP contribution in [-0.4, -0.2) is 5.78 Å². The predicted molar refractivity (Wildman–Crippen MR) is 52.4 cm³/mol. The fourth-order valence-electron chi connectivity index (χ4n) is 0.707. The number of benzene rings is 1. The summed E-state index contributed by atoms with van der Waals surface area (Å²) in [7, 11) is 0. The van der Waals surface area contributed by atoms with Gasteiger partial charge in [0.05, 0.1) is 0 Å². The van der Waals surface area contributed by atoms with Crippen LogP contribution in [0.15, 0.2) is 24.3 Å². The fraction of sp³-hybridized carbons (Fsp3) is 0.364. The van der Waals surface area contributed by atoms with Crippen LogP contribution in [0.4, 0.5) is 4.39 Å². The first kappa shape index (κ1) is 11.8. The van der Waals surface area contributed by atoms with E-state index in [1.807, 2.05) is 0 Å². The second-order valence-electron chi connectivity index (χ2n) is 2.77. The van der Waals surface area contributed by atoms with Gasteiger partial charge in [-0.05, 0) is 19.1 Å². The van der Waals surface area contributed by atoms with Crippen molar-refractivity contribution in [2.75, 3.05) is 0 Å². The van der Waals surface area contributed by atoms with Gasteiger partial charge in [-0.2, -0.15) is 0 Å². The lowest BCUT2D eigenvalue weighted by Gasteiger charge is -1.92. The molecule has 0 N–H and O–H groups in total. The number of halogens is 1. The van der Waals surface area contributed by atoms with Crippen molar-refractivity contribution >= 4 is 5.78 Å². The minimum absolute atomic E-state index is 0.112. The third kappa shape index (κ3) is 5.12. The summed E-state index contributed by atoms with van der Waals surface area (Å²) >= 11 is 0. The number of hydrogen-bond acceptors (Lipinski definition) is 1. The van der Waals surface area contributed by atoms with E-state index in [1.54, 1.807) is 6.07 Å². The summed E-state index contributed by atoms with van der Waals surface area (Å²) in [5.41, 5.74) is 0.417. The Labute approximate surface area is 78.6 Å². The van der Waals surface area contributed by atoms with Gasteiger partial charge < -0.3 is 0 Å². The lowest BCUT2D eigenvalue weighted by Crippen LogP contribution is -1.91. The lowest BCUT2D eigenvalue weighted by molar-refractivity contribution is 0.101. The summed E-state index contributed by atoms with van der Waals surface area (Å²) in [4.78, 5) is 10.6. The summed E-state index contributed by atoms with van der Waals surface area (Å²) < 4.78 is 12.4. The smallest absolute Gasteiger partial charge is 0.159 e. The van der Waals surface area contributed by atoms with Gasteiger partial charge in [-0.3, -0.25) is 4.79 Å². The highest BCUT2D eigenvalue weighted by Crippen LogP contribution is 2.03. The Morgan fingerprint density at radius 3 is 2.23 bits per heavy atom. The van der Waals surface area contributed by atoms with E-state index in [9.17, 15) is 9.18 Å². The minimum Gasteiger partial charge on any atom is -0.295 e. The Hall–Kier alpha value is -1.18. The molecule has 0 radical (unpaired) electrons. The van der Waals surface area contributed by atoms with Crippen LogP contribution in [0, 0.1) is 5.82 Å². The van der Waals surface area contributed by atoms with Crippen molar-refractivity contribution in [2.45, 2.75) is 27.2 Å².